The fraction of sp³-hybridized carbons (Fsp3) is 0.250. The Labute approximate surface area is 90.4 Å². The molecular weight excluding hydrogens is 135 g/mol. The summed E-state index contributed by atoms with van der Waals surface area (Å²) in [4.78, 5) is 17.9. The third kappa shape index (κ3) is 6.81. The van der Waals surface area contributed by atoms with Crippen molar-refractivity contribution >= 4 is 57.4 Å². The molecule has 0 spiro atoms. The first-order chi connectivity index (χ1) is 3.31. The first-order valence-corrected chi connectivity index (χ1v) is 1.68. The van der Waals surface area contributed by atoms with Gasteiger partial charge < -0.3 is 0 Å². The average Bonchev–Trinajstić information content (AvgIpc) is 1.68. The van der Waals surface area contributed by atoms with Crippen LogP contribution in [0.1, 0.15) is 0 Å². The second-order valence-corrected chi connectivity index (χ2v) is 0.773. The second-order valence-electron chi connectivity index (χ2n) is 0.773. The van der Waals surface area contributed by atoms with Gasteiger partial charge in [-0.15, -0.1) is 0 Å². The van der Waals surface area contributed by atoms with Crippen LogP contribution in [-0.4, -0.2) is 64.5 Å². The van der Waals surface area contributed by atoms with Gasteiger partial charge in [0.2, 0.25) is 0 Å². The van der Waals surface area contributed by atoms with Crippen LogP contribution >= 0.6 is 0 Å². The number of rotatable bonds is 2. The van der Waals surface area contributed by atoms with Crippen LogP contribution in [0.2, 0.25) is 0 Å². The fourth-order valence-electron chi connectivity index (χ4n) is 0.116. The molecule has 8 heavy (non-hydrogen) atoms. The third-order valence-electron chi connectivity index (χ3n) is 0.332. The summed E-state index contributed by atoms with van der Waals surface area (Å²) < 4.78 is 0. The van der Waals surface area contributed by atoms with Gasteiger partial charge in [0, 0.05) is 6.08 Å². The van der Waals surface area contributed by atoms with Gasteiger partial charge in [0.15, 0.2) is 0 Å². The van der Waals surface area contributed by atoms with E-state index in [9.17, 15) is 4.79 Å². The van der Waals surface area contributed by atoms with Gasteiger partial charge in [0.25, 0.3) is 0 Å². The van der Waals surface area contributed by atoms with Crippen molar-refractivity contribution < 1.29 is 14.6 Å². The first-order valence-electron chi connectivity index (χ1n) is 1.68. The Hall–Kier alpha value is 0.806. The van der Waals surface area contributed by atoms with Crippen LogP contribution in [0, 0.1) is 0 Å². The summed E-state index contributed by atoms with van der Waals surface area (Å²) in [7, 11) is 1.25. The molecule has 0 aromatic heterocycles. The monoisotopic (exact) mass is 142 g/mol. The van der Waals surface area contributed by atoms with Gasteiger partial charge in [0.1, 0.15) is 0 Å². The zero-order valence-corrected chi connectivity index (χ0v) is 4.01. The average molecular weight is 142 g/mol. The molecule has 0 aliphatic carbocycles. The number of carbonyl (C=O) groups excluding carboxylic acids is 1. The summed E-state index contributed by atoms with van der Waals surface area (Å²) in [6, 6.07) is 0. The molecule has 0 heterocycles. The predicted octanol–water partition coefficient (Wildman–Crippen LogP) is -0.372. The Morgan fingerprint density at radius 1 is 1.75 bits per heavy atom. The van der Waals surface area contributed by atoms with Crippen molar-refractivity contribution in [2.75, 3.05) is 7.11 Å². The molecule has 0 aliphatic rings. The molecular formula is C4H7KO3. The maximum absolute atomic E-state index is 9.95. The standard InChI is InChI=1S/C4H6O3.K.H/c1-3-4(5)7-6-2;;/h3H,1H2,2H3;;. The van der Waals surface area contributed by atoms with Gasteiger partial charge in [-0.1, -0.05) is 6.58 Å². The molecule has 0 N–H and O–H groups in total. The van der Waals surface area contributed by atoms with Gasteiger partial charge >= 0.3 is 57.4 Å². The minimum absolute atomic E-state index is 0. The summed E-state index contributed by atoms with van der Waals surface area (Å²) >= 11 is 0. The molecule has 0 atom stereocenters. The summed E-state index contributed by atoms with van der Waals surface area (Å²) in [6.45, 7) is 3.12. The Morgan fingerprint density at radius 2 is 2.25 bits per heavy atom. The Bertz CT molecular complexity index is 81.4. The van der Waals surface area contributed by atoms with Gasteiger partial charge in [-0.25, -0.2) is 4.79 Å². The normalized spacial score (nSPS) is 6.62. The van der Waals surface area contributed by atoms with Crippen molar-refractivity contribution in [1.29, 1.82) is 0 Å². The zero-order chi connectivity index (χ0) is 5.70. The van der Waals surface area contributed by atoms with E-state index in [1.165, 1.54) is 7.11 Å². The quantitative estimate of drug-likeness (QED) is 0.228. The summed E-state index contributed by atoms with van der Waals surface area (Å²) in [5.74, 6) is -0.581. The molecule has 42 valence electrons. The van der Waals surface area contributed by atoms with Crippen LogP contribution < -0.4 is 0 Å². The van der Waals surface area contributed by atoms with Crippen molar-refractivity contribution in [2.24, 2.45) is 0 Å². The first kappa shape index (κ1) is 11.6. The zero-order valence-electron chi connectivity index (χ0n) is 4.01. The molecule has 3 nitrogen and oxygen atoms in total. The van der Waals surface area contributed by atoms with E-state index < -0.39 is 5.97 Å². The molecule has 0 aromatic rings. The predicted molar refractivity (Wildman–Crippen MR) is 30.4 cm³/mol. The molecule has 0 fully saturated rings. The molecule has 4 heteroatoms. The number of carbonyl (C=O) groups is 1. The fourth-order valence-corrected chi connectivity index (χ4v) is 0.116. The number of hydrogen-bond donors (Lipinski definition) is 0. The molecule has 0 aliphatic heterocycles. The third-order valence-corrected chi connectivity index (χ3v) is 0.332. The van der Waals surface area contributed by atoms with E-state index in [0.29, 0.717) is 0 Å². The van der Waals surface area contributed by atoms with Gasteiger partial charge in [-0.3, -0.25) is 4.89 Å². The van der Waals surface area contributed by atoms with E-state index >= 15 is 0 Å². The molecule has 0 unspecified atom stereocenters. The number of hydrogen-bond acceptors (Lipinski definition) is 3. The molecule has 0 rings (SSSR count). The molecule has 0 bridgehead atoms. The molecule has 0 amide bonds. The Balaban J connectivity index is 0. The van der Waals surface area contributed by atoms with Gasteiger partial charge in [-0.2, -0.15) is 4.89 Å². The van der Waals surface area contributed by atoms with Gasteiger partial charge in [-0.05, 0) is 0 Å². The maximum atomic E-state index is 9.95. The second kappa shape index (κ2) is 7.81. The van der Waals surface area contributed by atoms with Gasteiger partial charge in [0.05, 0.1) is 7.11 Å². The van der Waals surface area contributed by atoms with Crippen molar-refractivity contribution in [3.63, 3.8) is 0 Å². The van der Waals surface area contributed by atoms with Crippen LogP contribution in [0.5, 0.6) is 0 Å². The minimum atomic E-state index is -0.581. The van der Waals surface area contributed by atoms with E-state index in [0.717, 1.165) is 6.08 Å². The molecule has 0 radical (unpaired) electrons. The van der Waals surface area contributed by atoms with Crippen LogP contribution in [-0.2, 0) is 14.6 Å². The topological polar surface area (TPSA) is 35.5 Å². The van der Waals surface area contributed by atoms with Crippen molar-refractivity contribution in [1.82, 2.24) is 0 Å². The van der Waals surface area contributed by atoms with E-state index in [2.05, 4.69) is 16.4 Å². The van der Waals surface area contributed by atoms with E-state index in [1.54, 1.807) is 0 Å². The summed E-state index contributed by atoms with van der Waals surface area (Å²) in [5, 5.41) is 0. The van der Waals surface area contributed by atoms with Crippen LogP contribution in [0.25, 0.3) is 0 Å². The van der Waals surface area contributed by atoms with Crippen LogP contribution in [0.4, 0.5) is 0 Å². The SMILES string of the molecule is C=CC(=O)OOC.[KH]. The van der Waals surface area contributed by atoms with Crippen LogP contribution in [0.3, 0.4) is 0 Å². The summed E-state index contributed by atoms with van der Waals surface area (Å²) in [6.07, 6.45) is 1.02. The summed E-state index contributed by atoms with van der Waals surface area (Å²) in [5.41, 5.74) is 0. The van der Waals surface area contributed by atoms with Crippen molar-refractivity contribution in [3.8, 4) is 0 Å². The molecule has 0 aromatic carbocycles. The Kier molecular flexibility index (Phi) is 11.3. The molecule has 0 saturated carbocycles. The molecule has 0 saturated heterocycles. The van der Waals surface area contributed by atoms with E-state index in [4.69, 9.17) is 0 Å². The Morgan fingerprint density at radius 3 is 2.38 bits per heavy atom. The van der Waals surface area contributed by atoms with Crippen molar-refractivity contribution in [2.45, 2.75) is 0 Å². The van der Waals surface area contributed by atoms with E-state index in [-0.39, 0.29) is 51.4 Å². The van der Waals surface area contributed by atoms with Crippen molar-refractivity contribution in [3.05, 3.63) is 12.7 Å². The van der Waals surface area contributed by atoms with E-state index in [1.807, 2.05) is 0 Å². The van der Waals surface area contributed by atoms with Crippen LogP contribution in [0.15, 0.2) is 12.7 Å².